The van der Waals surface area contributed by atoms with Gasteiger partial charge < -0.3 is 0 Å². The van der Waals surface area contributed by atoms with Crippen LogP contribution in [0.1, 0.15) is 69.8 Å². The predicted octanol–water partition coefficient (Wildman–Crippen LogP) is 6.37. The molecule has 0 saturated heterocycles. The van der Waals surface area contributed by atoms with Gasteiger partial charge in [-0.15, -0.1) is 11.6 Å². The molecule has 0 fully saturated rings. The molecule has 0 saturated carbocycles. The zero-order valence-electron chi connectivity index (χ0n) is 12.2. The topological polar surface area (TPSA) is 0 Å². The van der Waals surface area contributed by atoms with Crippen molar-refractivity contribution in [2.24, 2.45) is 0 Å². The zero-order chi connectivity index (χ0) is 13.6. The number of aryl methyl sites for hydroxylation is 1. The molecule has 0 aliphatic heterocycles. The Kier molecular flexibility index (Phi) is 10.9. The molecule has 0 N–H and O–H groups in total. The Labute approximate surface area is 124 Å². The van der Waals surface area contributed by atoms with Gasteiger partial charge in [-0.25, -0.2) is 0 Å². The molecule has 19 heavy (non-hydrogen) atoms. The van der Waals surface area contributed by atoms with Crippen LogP contribution in [0.3, 0.4) is 0 Å². The highest BCUT2D eigenvalue weighted by Gasteiger charge is 1.94. The number of unbranched alkanes of at least 4 members (excludes halogenated alkanes) is 9. The summed E-state index contributed by atoms with van der Waals surface area (Å²) in [6, 6.07) is 10.8. The third-order valence-corrected chi connectivity index (χ3v) is 3.96. The second-order valence-electron chi connectivity index (χ2n) is 5.46. The molecule has 0 amide bonds. The Hall–Kier alpha value is -0.490. The van der Waals surface area contributed by atoms with Gasteiger partial charge in [0.2, 0.25) is 0 Å². The molecule has 0 heterocycles. The average molecular weight is 281 g/mol. The molecule has 0 aliphatic rings. The van der Waals surface area contributed by atoms with Gasteiger partial charge in [-0.2, -0.15) is 0 Å². The smallest absolute Gasteiger partial charge is 0.0223 e. The lowest BCUT2D eigenvalue weighted by Crippen LogP contribution is -1.86. The number of hydrogen-bond acceptors (Lipinski definition) is 0. The van der Waals surface area contributed by atoms with Gasteiger partial charge in [-0.1, -0.05) is 81.7 Å². The maximum absolute atomic E-state index is 5.66. The molecular formula is C18H29Cl. The third kappa shape index (κ3) is 10.0. The number of benzene rings is 1. The highest BCUT2D eigenvalue weighted by molar-refractivity contribution is 6.17. The molecule has 1 heteroatoms. The second-order valence-corrected chi connectivity index (χ2v) is 5.84. The Morgan fingerprint density at radius 3 is 1.58 bits per heavy atom. The van der Waals surface area contributed by atoms with Gasteiger partial charge in [-0.3, -0.25) is 0 Å². The van der Waals surface area contributed by atoms with Crippen LogP contribution in [0.2, 0.25) is 0 Å². The van der Waals surface area contributed by atoms with E-state index in [0.717, 1.165) is 5.88 Å². The molecule has 0 nitrogen and oxygen atoms in total. The van der Waals surface area contributed by atoms with Crippen LogP contribution in [0.15, 0.2) is 30.3 Å². The summed E-state index contributed by atoms with van der Waals surface area (Å²) in [5.41, 5.74) is 1.49. The molecule has 0 bridgehead atoms. The van der Waals surface area contributed by atoms with Crippen molar-refractivity contribution in [1.29, 1.82) is 0 Å². The van der Waals surface area contributed by atoms with Crippen LogP contribution in [-0.2, 0) is 6.42 Å². The fourth-order valence-corrected chi connectivity index (χ4v) is 2.67. The molecule has 1 aromatic carbocycles. The summed E-state index contributed by atoms with van der Waals surface area (Å²) < 4.78 is 0. The van der Waals surface area contributed by atoms with E-state index in [2.05, 4.69) is 30.3 Å². The number of alkyl halides is 1. The van der Waals surface area contributed by atoms with Crippen molar-refractivity contribution in [3.05, 3.63) is 35.9 Å². The maximum Gasteiger partial charge on any atom is 0.0223 e. The minimum atomic E-state index is 0.835. The second kappa shape index (κ2) is 12.5. The third-order valence-electron chi connectivity index (χ3n) is 3.69. The normalized spacial score (nSPS) is 10.8. The van der Waals surface area contributed by atoms with Gasteiger partial charge >= 0.3 is 0 Å². The maximum atomic E-state index is 5.66. The molecular weight excluding hydrogens is 252 g/mol. The lowest BCUT2D eigenvalue weighted by Gasteiger charge is -2.03. The number of halogens is 1. The predicted molar refractivity (Wildman–Crippen MR) is 87.0 cm³/mol. The highest BCUT2D eigenvalue weighted by Crippen LogP contribution is 2.12. The van der Waals surface area contributed by atoms with Crippen molar-refractivity contribution < 1.29 is 0 Å². The Bertz CT molecular complexity index is 281. The van der Waals surface area contributed by atoms with Gasteiger partial charge in [0.1, 0.15) is 0 Å². The molecule has 0 aromatic heterocycles. The molecule has 108 valence electrons. The fourth-order valence-electron chi connectivity index (χ4n) is 2.48. The van der Waals surface area contributed by atoms with Crippen LogP contribution in [0.5, 0.6) is 0 Å². The van der Waals surface area contributed by atoms with Crippen molar-refractivity contribution in [3.63, 3.8) is 0 Å². The van der Waals surface area contributed by atoms with Crippen molar-refractivity contribution in [2.45, 2.75) is 70.6 Å². The quantitative estimate of drug-likeness (QED) is 0.308. The summed E-state index contributed by atoms with van der Waals surface area (Å²) in [5, 5.41) is 0. The van der Waals surface area contributed by atoms with Crippen LogP contribution < -0.4 is 0 Å². The van der Waals surface area contributed by atoms with Crippen LogP contribution in [0, 0.1) is 0 Å². The Morgan fingerprint density at radius 2 is 1.05 bits per heavy atom. The van der Waals surface area contributed by atoms with E-state index < -0.39 is 0 Å². The highest BCUT2D eigenvalue weighted by atomic mass is 35.5. The summed E-state index contributed by atoms with van der Waals surface area (Å²) in [6.45, 7) is 0. The number of rotatable bonds is 12. The summed E-state index contributed by atoms with van der Waals surface area (Å²) in [5.74, 6) is 0.835. The van der Waals surface area contributed by atoms with Crippen LogP contribution in [0.4, 0.5) is 0 Å². The van der Waals surface area contributed by atoms with Crippen LogP contribution in [0.25, 0.3) is 0 Å². The minimum absolute atomic E-state index is 0.835. The Balaban J connectivity index is 1.79. The largest absolute Gasteiger partial charge is 0.127 e. The molecule has 1 rings (SSSR count). The first-order valence-corrected chi connectivity index (χ1v) is 8.57. The molecule has 1 aromatic rings. The summed E-state index contributed by atoms with van der Waals surface area (Å²) in [6.07, 6.45) is 15.0. The zero-order valence-corrected chi connectivity index (χ0v) is 13.0. The Morgan fingerprint density at radius 1 is 0.579 bits per heavy atom. The summed E-state index contributed by atoms with van der Waals surface area (Å²) in [7, 11) is 0. The van der Waals surface area contributed by atoms with E-state index >= 15 is 0 Å². The van der Waals surface area contributed by atoms with Crippen LogP contribution in [-0.4, -0.2) is 5.88 Å². The van der Waals surface area contributed by atoms with Crippen LogP contribution >= 0.6 is 11.6 Å². The van der Waals surface area contributed by atoms with Gasteiger partial charge in [0.25, 0.3) is 0 Å². The van der Waals surface area contributed by atoms with Gasteiger partial charge in [0.15, 0.2) is 0 Å². The summed E-state index contributed by atoms with van der Waals surface area (Å²) in [4.78, 5) is 0. The standard InChI is InChI=1S/C18H29Cl/c19-17-13-8-6-4-2-1-3-5-7-10-14-18-15-11-9-12-16-18/h9,11-12,15-16H,1-8,10,13-14,17H2. The van der Waals surface area contributed by atoms with E-state index in [1.165, 1.54) is 76.2 Å². The van der Waals surface area contributed by atoms with Crippen molar-refractivity contribution in [3.8, 4) is 0 Å². The lowest BCUT2D eigenvalue weighted by molar-refractivity contribution is 0.557. The molecule has 0 aliphatic carbocycles. The van der Waals surface area contributed by atoms with E-state index in [1.54, 1.807) is 0 Å². The molecule has 0 atom stereocenters. The monoisotopic (exact) mass is 280 g/mol. The number of hydrogen-bond donors (Lipinski definition) is 0. The molecule has 0 spiro atoms. The van der Waals surface area contributed by atoms with E-state index in [0.29, 0.717) is 0 Å². The van der Waals surface area contributed by atoms with Crippen molar-refractivity contribution in [1.82, 2.24) is 0 Å². The van der Waals surface area contributed by atoms with Gasteiger partial charge in [-0.05, 0) is 24.8 Å². The fraction of sp³-hybridized carbons (Fsp3) is 0.667. The average Bonchev–Trinajstić information content (AvgIpc) is 2.46. The van der Waals surface area contributed by atoms with Crippen molar-refractivity contribution >= 4 is 11.6 Å². The molecule has 0 unspecified atom stereocenters. The van der Waals surface area contributed by atoms with Crippen molar-refractivity contribution in [2.75, 3.05) is 5.88 Å². The van der Waals surface area contributed by atoms with E-state index in [1.807, 2.05) is 0 Å². The van der Waals surface area contributed by atoms with E-state index in [9.17, 15) is 0 Å². The van der Waals surface area contributed by atoms with E-state index in [4.69, 9.17) is 11.6 Å². The first kappa shape index (κ1) is 16.6. The van der Waals surface area contributed by atoms with Gasteiger partial charge in [0.05, 0.1) is 0 Å². The van der Waals surface area contributed by atoms with E-state index in [-0.39, 0.29) is 0 Å². The lowest BCUT2D eigenvalue weighted by atomic mass is 10.0. The summed E-state index contributed by atoms with van der Waals surface area (Å²) >= 11 is 5.66. The minimum Gasteiger partial charge on any atom is -0.127 e. The first-order chi connectivity index (χ1) is 9.43. The van der Waals surface area contributed by atoms with Gasteiger partial charge in [0, 0.05) is 5.88 Å². The SMILES string of the molecule is ClCCCCCCCCCCCCc1ccccc1. The first-order valence-electron chi connectivity index (χ1n) is 8.03. The molecule has 0 radical (unpaired) electrons.